The molecule has 0 saturated heterocycles. The van der Waals surface area contributed by atoms with Crippen LogP contribution in [0.1, 0.15) is 32.3 Å². The van der Waals surface area contributed by atoms with Crippen LogP contribution in [0.25, 0.3) is 0 Å². The van der Waals surface area contributed by atoms with Crippen LogP contribution in [0.15, 0.2) is 16.8 Å². The van der Waals surface area contributed by atoms with E-state index in [4.69, 9.17) is 0 Å². The van der Waals surface area contributed by atoms with Gasteiger partial charge < -0.3 is 5.11 Å². The van der Waals surface area contributed by atoms with E-state index in [0.717, 1.165) is 12.8 Å². The van der Waals surface area contributed by atoms with E-state index in [1.165, 1.54) is 5.56 Å². The average molecular weight is 196 g/mol. The van der Waals surface area contributed by atoms with Crippen molar-refractivity contribution >= 4 is 11.3 Å². The van der Waals surface area contributed by atoms with Crippen molar-refractivity contribution in [3.8, 4) is 0 Å². The lowest BCUT2D eigenvalue weighted by Crippen LogP contribution is -2.48. The third-order valence-corrected chi connectivity index (χ3v) is 3.75. The van der Waals surface area contributed by atoms with Gasteiger partial charge in [-0.15, -0.1) is 0 Å². The smallest absolute Gasteiger partial charge is 0.0528 e. The van der Waals surface area contributed by atoms with E-state index in [9.17, 15) is 5.11 Å². The summed E-state index contributed by atoms with van der Waals surface area (Å²) in [4.78, 5) is 0. The monoisotopic (exact) mass is 196 g/mol. The molecule has 0 amide bonds. The third kappa shape index (κ3) is 1.42. The van der Waals surface area contributed by atoms with Crippen molar-refractivity contribution in [2.24, 2.45) is 5.41 Å². The lowest BCUT2D eigenvalue weighted by Gasteiger charge is -2.52. The Kier molecular flexibility index (Phi) is 2.00. The molecule has 0 unspecified atom stereocenters. The van der Waals surface area contributed by atoms with Crippen LogP contribution in [-0.2, 0) is 5.41 Å². The van der Waals surface area contributed by atoms with Crippen molar-refractivity contribution in [3.05, 3.63) is 22.4 Å². The molecule has 0 aliphatic heterocycles. The van der Waals surface area contributed by atoms with E-state index in [-0.39, 0.29) is 5.41 Å². The summed E-state index contributed by atoms with van der Waals surface area (Å²) in [6.45, 7) is 4.84. The third-order valence-electron chi connectivity index (χ3n) is 3.07. The first-order valence-electron chi connectivity index (χ1n) is 4.72. The summed E-state index contributed by atoms with van der Waals surface area (Å²) in [6, 6.07) is 2.15. The second kappa shape index (κ2) is 2.82. The zero-order valence-electron chi connectivity index (χ0n) is 8.21. The summed E-state index contributed by atoms with van der Waals surface area (Å²) in [5.41, 5.74) is 1.84. The highest BCUT2D eigenvalue weighted by atomic mass is 32.1. The van der Waals surface area contributed by atoms with Crippen molar-refractivity contribution in [1.82, 2.24) is 0 Å². The predicted octanol–water partition coefficient (Wildman–Crippen LogP) is 2.80. The van der Waals surface area contributed by atoms with Crippen molar-refractivity contribution in [2.45, 2.75) is 32.1 Å². The van der Waals surface area contributed by atoms with Gasteiger partial charge in [-0.05, 0) is 40.6 Å². The van der Waals surface area contributed by atoms with Gasteiger partial charge in [0.15, 0.2) is 0 Å². The Bertz CT molecular complexity index is 279. The second-order valence-corrected chi connectivity index (χ2v) is 5.75. The number of aliphatic hydroxyl groups excluding tert-OH is 1. The minimum absolute atomic E-state index is 0.0868. The molecule has 1 nitrogen and oxygen atoms in total. The molecule has 0 radical (unpaired) electrons. The van der Waals surface area contributed by atoms with E-state index in [2.05, 4.69) is 30.7 Å². The molecule has 0 spiro atoms. The van der Waals surface area contributed by atoms with Crippen LogP contribution < -0.4 is 0 Å². The molecule has 1 N–H and O–H groups in total. The van der Waals surface area contributed by atoms with Gasteiger partial charge in [-0.2, -0.15) is 11.3 Å². The van der Waals surface area contributed by atoms with Crippen LogP contribution in [-0.4, -0.2) is 11.7 Å². The van der Waals surface area contributed by atoms with Crippen LogP contribution in [0.3, 0.4) is 0 Å². The summed E-state index contributed by atoms with van der Waals surface area (Å²) in [5.74, 6) is 0. The van der Waals surface area contributed by atoms with Crippen molar-refractivity contribution in [3.63, 3.8) is 0 Å². The topological polar surface area (TPSA) is 20.2 Å². The molecule has 1 heterocycles. The van der Waals surface area contributed by atoms with E-state index >= 15 is 0 Å². The number of rotatable bonds is 2. The molecule has 1 aromatic heterocycles. The van der Waals surface area contributed by atoms with Gasteiger partial charge in [0.25, 0.3) is 0 Å². The molecule has 1 fully saturated rings. The largest absolute Gasteiger partial charge is 0.395 e. The molecular weight excluding hydrogens is 180 g/mol. The van der Waals surface area contributed by atoms with Gasteiger partial charge in [0, 0.05) is 5.41 Å². The zero-order valence-corrected chi connectivity index (χ0v) is 9.03. The number of hydrogen-bond donors (Lipinski definition) is 1. The van der Waals surface area contributed by atoms with Crippen LogP contribution in [0.5, 0.6) is 0 Å². The lowest BCUT2D eigenvalue weighted by molar-refractivity contribution is 0.00982. The van der Waals surface area contributed by atoms with E-state index < -0.39 is 0 Å². The van der Waals surface area contributed by atoms with Gasteiger partial charge in [-0.25, -0.2) is 0 Å². The Balaban J connectivity index is 2.21. The minimum atomic E-state index is 0.0868. The lowest BCUT2D eigenvalue weighted by atomic mass is 9.52. The van der Waals surface area contributed by atoms with E-state index in [1.54, 1.807) is 11.3 Å². The quantitative estimate of drug-likeness (QED) is 0.771. The Labute approximate surface area is 83.4 Å². The zero-order chi connectivity index (χ0) is 9.53. The van der Waals surface area contributed by atoms with Crippen molar-refractivity contribution < 1.29 is 5.11 Å². The Morgan fingerprint density at radius 2 is 2.15 bits per heavy atom. The maximum absolute atomic E-state index is 9.45. The van der Waals surface area contributed by atoms with Gasteiger partial charge in [-0.1, -0.05) is 13.8 Å². The summed E-state index contributed by atoms with van der Waals surface area (Å²) in [5, 5.41) is 13.7. The Morgan fingerprint density at radius 1 is 1.46 bits per heavy atom. The summed E-state index contributed by atoms with van der Waals surface area (Å²) < 4.78 is 0. The standard InChI is InChI=1S/C11H16OS/c1-10(2)6-11(7-10,8-12)9-3-4-13-5-9/h3-5,12H,6-8H2,1-2H3. The molecule has 1 aliphatic carbocycles. The number of hydrogen-bond acceptors (Lipinski definition) is 2. The molecule has 2 rings (SSSR count). The molecular formula is C11H16OS. The predicted molar refractivity (Wildman–Crippen MR) is 56.1 cm³/mol. The second-order valence-electron chi connectivity index (χ2n) is 4.97. The number of thiophene rings is 1. The molecule has 72 valence electrons. The van der Waals surface area contributed by atoms with Crippen LogP contribution >= 0.6 is 11.3 Å². The minimum Gasteiger partial charge on any atom is -0.395 e. The van der Waals surface area contributed by atoms with Crippen molar-refractivity contribution in [2.75, 3.05) is 6.61 Å². The van der Waals surface area contributed by atoms with E-state index in [1.807, 2.05) is 0 Å². The first kappa shape index (κ1) is 9.22. The summed E-state index contributed by atoms with van der Waals surface area (Å²) >= 11 is 1.72. The molecule has 1 aliphatic rings. The Morgan fingerprint density at radius 3 is 2.54 bits per heavy atom. The molecule has 0 bridgehead atoms. The summed E-state index contributed by atoms with van der Waals surface area (Å²) in [6.07, 6.45) is 2.24. The maximum atomic E-state index is 9.45. The normalized spacial score (nSPS) is 23.9. The van der Waals surface area contributed by atoms with Crippen molar-refractivity contribution in [1.29, 1.82) is 0 Å². The molecule has 13 heavy (non-hydrogen) atoms. The molecule has 1 saturated carbocycles. The SMILES string of the molecule is CC1(C)CC(CO)(c2ccsc2)C1. The highest BCUT2D eigenvalue weighted by Crippen LogP contribution is 2.55. The average Bonchev–Trinajstić information content (AvgIpc) is 2.51. The van der Waals surface area contributed by atoms with Gasteiger partial charge >= 0.3 is 0 Å². The number of aliphatic hydroxyl groups is 1. The van der Waals surface area contributed by atoms with Crippen LogP contribution in [0.2, 0.25) is 0 Å². The maximum Gasteiger partial charge on any atom is 0.0528 e. The van der Waals surface area contributed by atoms with Gasteiger partial charge in [0.2, 0.25) is 0 Å². The molecule has 0 aromatic carbocycles. The fourth-order valence-corrected chi connectivity index (χ4v) is 3.53. The van der Waals surface area contributed by atoms with Gasteiger partial charge in [0.1, 0.15) is 0 Å². The fraction of sp³-hybridized carbons (Fsp3) is 0.636. The van der Waals surface area contributed by atoms with Gasteiger partial charge in [0.05, 0.1) is 6.61 Å². The van der Waals surface area contributed by atoms with Gasteiger partial charge in [-0.3, -0.25) is 0 Å². The highest BCUT2D eigenvalue weighted by Gasteiger charge is 2.49. The first-order valence-corrected chi connectivity index (χ1v) is 5.66. The highest BCUT2D eigenvalue weighted by molar-refractivity contribution is 7.08. The first-order chi connectivity index (χ1) is 6.08. The molecule has 2 heteroatoms. The molecule has 1 aromatic rings. The van der Waals surface area contributed by atoms with Crippen LogP contribution in [0.4, 0.5) is 0 Å². The van der Waals surface area contributed by atoms with Crippen LogP contribution in [0, 0.1) is 5.41 Å². The molecule has 0 atom stereocenters. The van der Waals surface area contributed by atoms with E-state index in [0.29, 0.717) is 12.0 Å². The fourth-order valence-electron chi connectivity index (χ4n) is 2.75. The Hall–Kier alpha value is -0.340. The summed E-state index contributed by atoms with van der Waals surface area (Å²) in [7, 11) is 0.